The molecular formula is C9H12Hf. The van der Waals surface area contributed by atoms with E-state index in [0.29, 0.717) is 0 Å². The molecule has 10 heavy (non-hydrogen) atoms. The van der Waals surface area contributed by atoms with E-state index in [2.05, 4.69) is 12.2 Å². The van der Waals surface area contributed by atoms with Crippen LogP contribution < -0.4 is 0 Å². The topological polar surface area (TPSA) is 0 Å². The van der Waals surface area contributed by atoms with Gasteiger partial charge in [-0.25, -0.2) is 0 Å². The Kier molecular flexibility index (Phi) is 3.09. The Morgan fingerprint density at radius 1 is 1.10 bits per heavy atom. The summed E-state index contributed by atoms with van der Waals surface area (Å²) in [6.45, 7) is 0. The molecule has 2 aliphatic carbocycles. The molecule has 0 radical (unpaired) electrons. The maximum atomic E-state index is 2.31. The van der Waals surface area contributed by atoms with E-state index >= 15 is 0 Å². The van der Waals surface area contributed by atoms with Crippen LogP contribution in [-0.4, -0.2) is 0 Å². The van der Waals surface area contributed by atoms with Gasteiger partial charge >= 0.3 is 0 Å². The number of hydrogen-bond donors (Lipinski definition) is 0. The molecule has 0 aromatic carbocycles. The molecule has 0 heterocycles. The molecule has 1 heteroatoms. The van der Waals surface area contributed by atoms with Crippen molar-refractivity contribution in [3.63, 3.8) is 0 Å². The average molecular weight is 299 g/mol. The molecule has 0 N–H and O–H groups in total. The minimum atomic E-state index is 0. The van der Waals surface area contributed by atoms with Crippen LogP contribution in [0, 0.1) is 0 Å². The number of allylic oxidation sites excluding steroid dienone is 4. The summed E-state index contributed by atoms with van der Waals surface area (Å²) < 4.78 is 0. The molecule has 0 aliphatic heterocycles. The molecule has 0 atom stereocenters. The van der Waals surface area contributed by atoms with Gasteiger partial charge in [0.25, 0.3) is 0 Å². The van der Waals surface area contributed by atoms with Crippen molar-refractivity contribution in [2.75, 3.05) is 0 Å². The van der Waals surface area contributed by atoms with Crippen molar-refractivity contribution in [2.24, 2.45) is 0 Å². The van der Waals surface area contributed by atoms with Crippen LogP contribution in [0.3, 0.4) is 0 Å². The van der Waals surface area contributed by atoms with Crippen molar-refractivity contribution in [1.82, 2.24) is 0 Å². The predicted molar refractivity (Wildman–Crippen MR) is 39.3 cm³/mol. The van der Waals surface area contributed by atoms with Crippen LogP contribution in [0.5, 0.6) is 0 Å². The van der Waals surface area contributed by atoms with Crippen molar-refractivity contribution in [3.05, 3.63) is 23.3 Å². The van der Waals surface area contributed by atoms with Gasteiger partial charge in [-0.3, -0.25) is 0 Å². The monoisotopic (exact) mass is 300 g/mol. The standard InChI is InChI=1S/C9H12.Hf/c1-2-5-9-7-3-6-8(9)4-1;/h3,6H,1-2,4-5,7H2;. The molecular weight excluding hydrogens is 287 g/mol. The van der Waals surface area contributed by atoms with E-state index in [1.807, 2.05) is 0 Å². The number of hydrogen-bond acceptors (Lipinski definition) is 0. The van der Waals surface area contributed by atoms with Gasteiger partial charge in [-0.05, 0) is 37.7 Å². The van der Waals surface area contributed by atoms with Crippen LogP contribution in [0.4, 0.5) is 0 Å². The Bertz CT molecular complexity index is 177. The first kappa shape index (κ1) is 8.45. The molecule has 0 aromatic rings. The Labute approximate surface area is 81.2 Å². The zero-order valence-corrected chi connectivity index (χ0v) is 9.78. The Morgan fingerprint density at radius 2 is 1.90 bits per heavy atom. The summed E-state index contributed by atoms with van der Waals surface area (Å²) in [5.41, 5.74) is 3.38. The van der Waals surface area contributed by atoms with E-state index in [-0.39, 0.29) is 25.8 Å². The minimum absolute atomic E-state index is 0. The van der Waals surface area contributed by atoms with Crippen LogP contribution in [-0.2, 0) is 25.8 Å². The first-order valence-electron chi connectivity index (χ1n) is 3.84. The normalized spacial score (nSPS) is 22.4. The molecule has 0 bridgehead atoms. The van der Waals surface area contributed by atoms with E-state index in [9.17, 15) is 0 Å². The molecule has 52 valence electrons. The maximum absolute atomic E-state index is 2.31. The van der Waals surface area contributed by atoms with Gasteiger partial charge in [-0.1, -0.05) is 17.7 Å². The van der Waals surface area contributed by atoms with Crippen LogP contribution in [0.2, 0.25) is 0 Å². The summed E-state index contributed by atoms with van der Waals surface area (Å²) in [6, 6.07) is 0. The van der Waals surface area contributed by atoms with Crippen molar-refractivity contribution in [3.8, 4) is 0 Å². The summed E-state index contributed by atoms with van der Waals surface area (Å²) in [5.74, 6) is 0. The fourth-order valence-corrected chi connectivity index (χ4v) is 1.77. The first-order valence-corrected chi connectivity index (χ1v) is 3.84. The summed E-state index contributed by atoms with van der Waals surface area (Å²) in [4.78, 5) is 0. The van der Waals surface area contributed by atoms with Gasteiger partial charge in [0.1, 0.15) is 0 Å². The van der Waals surface area contributed by atoms with Crippen molar-refractivity contribution >= 4 is 0 Å². The third kappa shape index (κ3) is 1.50. The van der Waals surface area contributed by atoms with Crippen LogP contribution in [0.15, 0.2) is 23.3 Å². The van der Waals surface area contributed by atoms with Crippen LogP contribution >= 0.6 is 0 Å². The second kappa shape index (κ2) is 3.66. The zero-order chi connectivity index (χ0) is 6.10. The second-order valence-electron chi connectivity index (χ2n) is 2.94. The fourth-order valence-electron chi connectivity index (χ4n) is 1.77. The summed E-state index contributed by atoms with van der Waals surface area (Å²) in [5, 5.41) is 0. The SMILES string of the molecule is C1=CC2=C(C1)CCCC2.[Hf]. The second-order valence-corrected chi connectivity index (χ2v) is 2.94. The minimum Gasteiger partial charge on any atom is -0.0802 e. The number of rotatable bonds is 0. The Morgan fingerprint density at radius 3 is 2.70 bits per heavy atom. The Balaban J connectivity index is 0.000000500. The summed E-state index contributed by atoms with van der Waals surface area (Å²) in [7, 11) is 0. The molecule has 0 saturated carbocycles. The molecule has 2 rings (SSSR count). The molecule has 0 amide bonds. The predicted octanol–water partition coefficient (Wildman–Crippen LogP) is 2.81. The van der Waals surface area contributed by atoms with Gasteiger partial charge in [0, 0.05) is 25.8 Å². The molecule has 0 saturated heterocycles. The molecule has 0 nitrogen and oxygen atoms in total. The molecule has 0 unspecified atom stereocenters. The van der Waals surface area contributed by atoms with Gasteiger partial charge < -0.3 is 0 Å². The zero-order valence-electron chi connectivity index (χ0n) is 6.19. The van der Waals surface area contributed by atoms with E-state index in [0.717, 1.165) is 0 Å². The fraction of sp³-hybridized carbons (Fsp3) is 0.556. The van der Waals surface area contributed by atoms with Gasteiger partial charge in [0.15, 0.2) is 0 Å². The van der Waals surface area contributed by atoms with Gasteiger partial charge in [-0.2, -0.15) is 0 Å². The smallest absolute Gasteiger partial charge is 0 e. The maximum Gasteiger partial charge on any atom is 0 e. The summed E-state index contributed by atoms with van der Waals surface area (Å²) in [6.07, 6.45) is 11.5. The third-order valence-corrected chi connectivity index (χ3v) is 2.31. The van der Waals surface area contributed by atoms with E-state index in [4.69, 9.17) is 0 Å². The van der Waals surface area contributed by atoms with E-state index in [1.165, 1.54) is 32.1 Å². The van der Waals surface area contributed by atoms with Crippen molar-refractivity contribution in [1.29, 1.82) is 0 Å². The van der Waals surface area contributed by atoms with Gasteiger partial charge in [0.2, 0.25) is 0 Å². The van der Waals surface area contributed by atoms with Gasteiger partial charge in [0.05, 0.1) is 0 Å². The molecule has 2 aliphatic rings. The quantitative estimate of drug-likeness (QED) is 0.603. The molecule has 0 spiro atoms. The third-order valence-electron chi connectivity index (χ3n) is 2.31. The van der Waals surface area contributed by atoms with Gasteiger partial charge in [-0.15, -0.1) is 0 Å². The van der Waals surface area contributed by atoms with E-state index in [1.54, 1.807) is 11.1 Å². The van der Waals surface area contributed by atoms with Crippen LogP contribution in [0.1, 0.15) is 32.1 Å². The summed E-state index contributed by atoms with van der Waals surface area (Å²) >= 11 is 0. The Hall–Kier alpha value is 0.350. The largest absolute Gasteiger partial charge is 0.0802 e. The van der Waals surface area contributed by atoms with Crippen molar-refractivity contribution < 1.29 is 25.8 Å². The average Bonchev–Trinajstić information content (AvgIpc) is 2.33. The first-order chi connectivity index (χ1) is 4.47. The molecule has 0 fully saturated rings. The van der Waals surface area contributed by atoms with E-state index < -0.39 is 0 Å². The van der Waals surface area contributed by atoms with Crippen LogP contribution in [0.25, 0.3) is 0 Å². The van der Waals surface area contributed by atoms with Crippen molar-refractivity contribution in [2.45, 2.75) is 32.1 Å². The molecule has 0 aromatic heterocycles.